The van der Waals surface area contributed by atoms with Gasteiger partial charge in [0.05, 0.1) is 6.61 Å². The molecule has 0 aliphatic rings. The third-order valence-electron chi connectivity index (χ3n) is 3.85. The Hall–Kier alpha value is -3.68. The maximum Gasteiger partial charge on any atom is 0.361 e. The summed E-state index contributed by atoms with van der Waals surface area (Å²) >= 11 is 0. The van der Waals surface area contributed by atoms with Gasteiger partial charge in [0, 0.05) is 12.1 Å². The van der Waals surface area contributed by atoms with Crippen molar-refractivity contribution in [1.29, 1.82) is 0 Å². The molecule has 8 heteroatoms. The van der Waals surface area contributed by atoms with Gasteiger partial charge in [0.2, 0.25) is 0 Å². The van der Waals surface area contributed by atoms with Gasteiger partial charge in [0.25, 0.3) is 5.91 Å². The van der Waals surface area contributed by atoms with Crippen molar-refractivity contribution >= 4 is 11.9 Å². The number of aromatic amines is 1. The molecule has 0 unspecified atom stereocenters. The molecular weight excluding hydrogens is 360 g/mol. The van der Waals surface area contributed by atoms with Crippen molar-refractivity contribution in [3.05, 3.63) is 65.9 Å². The molecule has 0 saturated heterocycles. The second kappa shape index (κ2) is 9.31. The van der Waals surface area contributed by atoms with E-state index in [0.29, 0.717) is 23.6 Å². The van der Waals surface area contributed by atoms with Crippen LogP contribution < -0.4 is 10.1 Å². The molecule has 0 radical (unpaired) electrons. The molecule has 28 heavy (non-hydrogen) atoms. The second-order valence-electron chi connectivity index (χ2n) is 5.79. The molecule has 2 N–H and O–H groups in total. The fraction of sp³-hybridized carbons (Fsp3) is 0.200. The topological polar surface area (TPSA) is 106 Å². The van der Waals surface area contributed by atoms with Gasteiger partial charge in [0.15, 0.2) is 12.3 Å². The Kier molecular flexibility index (Phi) is 6.35. The maximum atomic E-state index is 12.1. The fourth-order valence-corrected chi connectivity index (χ4v) is 2.54. The Morgan fingerprint density at radius 1 is 1.04 bits per heavy atom. The van der Waals surface area contributed by atoms with E-state index in [4.69, 9.17) is 9.47 Å². The highest BCUT2D eigenvalue weighted by Gasteiger charge is 2.21. The van der Waals surface area contributed by atoms with Crippen LogP contribution in [0.2, 0.25) is 0 Å². The second-order valence-corrected chi connectivity index (χ2v) is 5.79. The van der Waals surface area contributed by atoms with Gasteiger partial charge in [-0.2, -0.15) is 10.3 Å². The Morgan fingerprint density at radius 2 is 1.79 bits per heavy atom. The maximum absolute atomic E-state index is 12.1. The van der Waals surface area contributed by atoms with E-state index in [0.717, 1.165) is 5.56 Å². The summed E-state index contributed by atoms with van der Waals surface area (Å²) in [6, 6.07) is 16.6. The number of hydrogen-bond acceptors (Lipinski definition) is 6. The largest absolute Gasteiger partial charge is 0.483 e. The van der Waals surface area contributed by atoms with Gasteiger partial charge in [-0.15, -0.1) is 5.10 Å². The molecule has 3 rings (SSSR count). The molecule has 2 aromatic carbocycles. The monoisotopic (exact) mass is 380 g/mol. The molecular formula is C20H20N4O4. The molecule has 1 heterocycles. The molecule has 0 fully saturated rings. The lowest BCUT2D eigenvalue weighted by Gasteiger charge is -2.11. The van der Waals surface area contributed by atoms with Gasteiger partial charge < -0.3 is 14.8 Å². The van der Waals surface area contributed by atoms with Crippen LogP contribution in [0, 0.1) is 0 Å². The Labute approximate surface area is 161 Å². The number of carbonyl (C=O) groups is 2. The third-order valence-corrected chi connectivity index (χ3v) is 3.85. The number of hydrogen-bond donors (Lipinski definition) is 2. The lowest BCUT2D eigenvalue weighted by atomic mass is 10.1. The Bertz CT molecular complexity index is 940. The molecule has 8 nitrogen and oxygen atoms in total. The number of esters is 1. The summed E-state index contributed by atoms with van der Waals surface area (Å²) in [6.07, 6.45) is 0. The minimum atomic E-state index is -0.582. The van der Waals surface area contributed by atoms with Gasteiger partial charge in [-0.1, -0.05) is 42.5 Å². The summed E-state index contributed by atoms with van der Waals surface area (Å²) in [6.45, 7) is 2.19. The lowest BCUT2D eigenvalue weighted by Crippen LogP contribution is -2.28. The molecule has 0 saturated carbocycles. The minimum absolute atomic E-state index is 0.0615. The van der Waals surface area contributed by atoms with E-state index in [-0.39, 0.29) is 24.8 Å². The third kappa shape index (κ3) is 4.73. The zero-order valence-electron chi connectivity index (χ0n) is 15.3. The first-order valence-electron chi connectivity index (χ1n) is 8.79. The summed E-state index contributed by atoms with van der Waals surface area (Å²) in [7, 11) is 0. The predicted molar refractivity (Wildman–Crippen MR) is 102 cm³/mol. The van der Waals surface area contributed by atoms with E-state index in [1.165, 1.54) is 0 Å². The number of amides is 1. The average Bonchev–Trinajstić information content (AvgIpc) is 3.22. The molecule has 3 aromatic rings. The van der Waals surface area contributed by atoms with E-state index in [1.807, 2.05) is 30.3 Å². The van der Waals surface area contributed by atoms with Gasteiger partial charge in [-0.25, -0.2) is 4.79 Å². The number of benzene rings is 2. The average molecular weight is 380 g/mol. The van der Waals surface area contributed by atoms with Crippen molar-refractivity contribution in [2.75, 3.05) is 13.2 Å². The van der Waals surface area contributed by atoms with Crippen LogP contribution in [0.5, 0.6) is 5.75 Å². The summed E-state index contributed by atoms with van der Waals surface area (Å²) in [5, 5.41) is 13.1. The van der Waals surface area contributed by atoms with Crippen molar-refractivity contribution in [2.45, 2.75) is 13.5 Å². The van der Waals surface area contributed by atoms with E-state index >= 15 is 0 Å². The molecule has 0 aliphatic heterocycles. The first kappa shape index (κ1) is 19.1. The SMILES string of the molecule is CCOC(=O)c1n[nH]nc1-c1ccccc1OCC(=O)NCc1ccccc1. The highest BCUT2D eigenvalue weighted by molar-refractivity contribution is 5.94. The van der Waals surface area contributed by atoms with Crippen LogP contribution in [0.1, 0.15) is 23.0 Å². The van der Waals surface area contributed by atoms with E-state index in [2.05, 4.69) is 20.7 Å². The lowest BCUT2D eigenvalue weighted by molar-refractivity contribution is -0.123. The zero-order chi connectivity index (χ0) is 19.8. The van der Waals surface area contributed by atoms with Gasteiger partial charge in [-0.3, -0.25) is 4.79 Å². The number of rotatable bonds is 8. The molecule has 0 spiro atoms. The summed E-state index contributed by atoms with van der Waals surface area (Å²) < 4.78 is 10.7. The van der Waals surface area contributed by atoms with E-state index in [1.54, 1.807) is 31.2 Å². The minimum Gasteiger partial charge on any atom is -0.483 e. The molecule has 1 amide bonds. The van der Waals surface area contributed by atoms with Crippen LogP contribution in [-0.4, -0.2) is 40.5 Å². The van der Waals surface area contributed by atoms with Crippen molar-refractivity contribution in [3.8, 4) is 17.0 Å². The van der Waals surface area contributed by atoms with Crippen molar-refractivity contribution < 1.29 is 19.1 Å². The van der Waals surface area contributed by atoms with Crippen molar-refractivity contribution in [1.82, 2.24) is 20.7 Å². The van der Waals surface area contributed by atoms with Crippen LogP contribution in [0.4, 0.5) is 0 Å². The van der Waals surface area contributed by atoms with Crippen molar-refractivity contribution in [3.63, 3.8) is 0 Å². The normalized spacial score (nSPS) is 10.3. The van der Waals surface area contributed by atoms with Gasteiger partial charge >= 0.3 is 5.97 Å². The summed E-state index contributed by atoms with van der Waals surface area (Å²) in [5.41, 5.74) is 1.90. The molecule has 144 valence electrons. The van der Waals surface area contributed by atoms with Gasteiger partial charge in [-0.05, 0) is 24.6 Å². The zero-order valence-corrected chi connectivity index (χ0v) is 15.3. The van der Waals surface area contributed by atoms with Crippen LogP contribution in [0.25, 0.3) is 11.3 Å². The first-order chi connectivity index (χ1) is 13.7. The highest BCUT2D eigenvalue weighted by Crippen LogP contribution is 2.30. The number of H-pyrrole nitrogens is 1. The standard InChI is InChI=1S/C20H20N4O4/c1-2-27-20(26)19-18(22-24-23-19)15-10-6-7-11-16(15)28-13-17(25)21-12-14-8-4-3-5-9-14/h3-11H,2,12-13H2,1H3,(H,21,25)(H,22,23,24). The smallest absolute Gasteiger partial charge is 0.361 e. The number of ether oxygens (including phenoxy) is 2. The number of aromatic nitrogens is 3. The quantitative estimate of drug-likeness (QED) is 0.581. The number of carbonyl (C=O) groups excluding carboxylic acids is 2. The summed E-state index contributed by atoms with van der Waals surface area (Å²) in [5.74, 6) is -0.428. The van der Waals surface area contributed by atoms with Crippen LogP contribution in [-0.2, 0) is 16.1 Å². The summed E-state index contributed by atoms with van der Waals surface area (Å²) in [4.78, 5) is 24.2. The van der Waals surface area contributed by atoms with E-state index in [9.17, 15) is 9.59 Å². The highest BCUT2D eigenvalue weighted by atomic mass is 16.5. The molecule has 0 bridgehead atoms. The van der Waals surface area contributed by atoms with E-state index < -0.39 is 5.97 Å². The molecule has 0 aliphatic carbocycles. The molecule has 1 aromatic heterocycles. The van der Waals surface area contributed by atoms with Crippen LogP contribution in [0.3, 0.4) is 0 Å². The first-order valence-corrected chi connectivity index (χ1v) is 8.79. The number of para-hydroxylation sites is 1. The fourth-order valence-electron chi connectivity index (χ4n) is 2.54. The Morgan fingerprint density at radius 3 is 2.57 bits per heavy atom. The number of nitrogens with zero attached hydrogens (tertiary/aromatic N) is 2. The molecule has 0 atom stereocenters. The van der Waals surface area contributed by atoms with Crippen LogP contribution >= 0.6 is 0 Å². The predicted octanol–water partition coefficient (Wildman–Crippen LogP) is 2.34. The number of nitrogens with one attached hydrogen (secondary N) is 2. The van der Waals surface area contributed by atoms with Crippen molar-refractivity contribution in [2.24, 2.45) is 0 Å². The Balaban J connectivity index is 1.67. The van der Waals surface area contributed by atoms with Crippen LogP contribution in [0.15, 0.2) is 54.6 Å². The van der Waals surface area contributed by atoms with Gasteiger partial charge in [0.1, 0.15) is 11.4 Å².